The topological polar surface area (TPSA) is 39.1 Å². The molecule has 0 fully saturated rings. The van der Waals surface area contributed by atoms with Gasteiger partial charge >= 0.3 is 0 Å². The van der Waals surface area contributed by atoms with E-state index in [1.165, 1.54) is 6.21 Å². The summed E-state index contributed by atoms with van der Waals surface area (Å²) in [5, 5.41) is 11.6. The molecule has 4 nitrogen and oxygen atoms in total. The Kier molecular flexibility index (Phi) is 4.55. The number of hydrogen-bond donors (Lipinski definition) is 1. The fourth-order valence-electron chi connectivity index (χ4n) is 1.58. The molecule has 0 saturated carbocycles. The number of oxime groups is 1. The van der Waals surface area contributed by atoms with Crippen LogP contribution in [0.3, 0.4) is 0 Å². The fraction of sp³-hybridized carbons (Fsp3) is 0.545. The number of terminal acetylenes is 1. The second-order valence-corrected chi connectivity index (χ2v) is 3.54. The van der Waals surface area contributed by atoms with Gasteiger partial charge in [-0.15, -0.1) is 12.3 Å². The van der Waals surface area contributed by atoms with E-state index in [9.17, 15) is 0 Å². The van der Waals surface area contributed by atoms with Crippen LogP contribution in [-0.4, -0.2) is 41.0 Å². The summed E-state index contributed by atoms with van der Waals surface area (Å²) < 4.78 is 0. The predicted octanol–water partition coefficient (Wildman–Crippen LogP) is 1.29. The van der Waals surface area contributed by atoms with E-state index in [0.717, 1.165) is 25.8 Å². The van der Waals surface area contributed by atoms with Gasteiger partial charge in [0.1, 0.15) is 6.17 Å². The lowest BCUT2D eigenvalue weighted by Crippen LogP contribution is -2.38. The van der Waals surface area contributed by atoms with Crippen LogP contribution < -0.4 is 0 Å². The van der Waals surface area contributed by atoms with Crippen LogP contribution in [0.2, 0.25) is 0 Å². The molecule has 0 saturated heterocycles. The third-order valence-electron chi connectivity index (χ3n) is 2.44. The third-order valence-corrected chi connectivity index (χ3v) is 2.44. The molecule has 0 aromatic carbocycles. The van der Waals surface area contributed by atoms with Crippen molar-refractivity contribution in [2.24, 2.45) is 5.16 Å². The van der Waals surface area contributed by atoms with Crippen molar-refractivity contribution in [2.45, 2.75) is 25.4 Å². The first kappa shape index (κ1) is 11.4. The smallest absolute Gasteiger partial charge is 0.141 e. The average molecular weight is 207 g/mol. The molecule has 1 aliphatic heterocycles. The molecule has 0 amide bonds. The van der Waals surface area contributed by atoms with Crippen molar-refractivity contribution in [1.29, 1.82) is 0 Å². The van der Waals surface area contributed by atoms with Gasteiger partial charge in [-0.25, -0.2) is 0 Å². The summed E-state index contributed by atoms with van der Waals surface area (Å²) in [5.74, 6) is 2.62. The first-order valence-electron chi connectivity index (χ1n) is 5.06. The molecule has 4 heteroatoms. The van der Waals surface area contributed by atoms with E-state index in [0.29, 0.717) is 0 Å². The molecule has 1 aliphatic rings. The van der Waals surface area contributed by atoms with Crippen LogP contribution >= 0.6 is 0 Å². The van der Waals surface area contributed by atoms with Crippen molar-refractivity contribution in [1.82, 2.24) is 9.80 Å². The van der Waals surface area contributed by atoms with Gasteiger partial charge in [-0.1, -0.05) is 5.16 Å². The van der Waals surface area contributed by atoms with Crippen LogP contribution in [0.5, 0.6) is 0 Å². The number of rotatable bonds is 5. The Hall–Kier alpha value is -1.63. The molecule has 1 heterocycles. The fourth-order valence-corrected chi connectivity index (χ4v) is 1.58. The van der Waals surface area contributed by atoms with E-state index in [4.69, 9.17) is 11.6 Å². The van der Waals surface area contributed by atoms with Crippen LogP contribution in [0.4, 0.5) is 0 Å². The van der Waals surface area contributed by atoms with Crippen molar-refractivity contribution in [3.8, 4) is 12.3 Å². The minimum absolute atomic E-state index is 0.0286. The second kappa shape index (κ2) is 5.97. The molecule has 0 aromatic rings. The molecule has 0 aliphatic carbocycles. The second-order valence-electron chi connectivity index (χ2n) is 3.54. The third kappa shape index (κ3) is 3.21. The predicted molar refractivity (Wildman–Crippen MR) is 60.4 cm³/mol. The van der Waals surface area contributed by atoms with E-state index in [-0.39, 0.29) is 6.17 Å². The maximum atomic E-state index is 8.53. The normalized spacial score (nSPS) is 20.1. The van der Waals surface area contributed by atoms with E-state index in [2.05, 4.69) is 16.0 Å². The minimum atomic E-state index is 0.0286. The van der Waals surface area contributed by atoms with Crippen LogP contribution in [0.1, 0.15) is 19.3 Å². The molecular weight excluding hydrogens is 190 g/mol. The highest BCUT2D eigenvalue weighted by atomic mass is 16.4. The van der Waals surface area contributed by atoms with Gasteiger partial charge in [-0.2, -0.15) is 0 Å². The molecule has 15 heavy (non-hydrogen) atoms. The van der Waals surface area contributed by atoms with Gasteiger partial charge in [0.15, 0.2) is 0 Å². The van der Waals surface area contributed by atoms with Crippen molar-refractivity contribution in [3.63, 3.8) is 0 Å². The lowest BCUT2D eigenvalue weighted by molar-refractivity contribution is 0.233. The van der Waals surface area contributed by atoms with Gasteiger partial charge in [-0.05, 0) is 12.8 Å². The first-order chi connectivity index (χ1) is 7.29. The van der Waals surface area contributed by atoms with Gasteiger partial charge in [0, 0.05) is 32.4 Å². The van der Waals surface area contributed by atoms with Crippen molar-refractivity contribution >= 4 is 6.21 Å². The standard InChI is InChI=1S/C11H17N3O/c1-3-4-5-6-7-14-9-8-13(2)11(14)10-12-15/h1,8-11,15H,4-7H2,2H3/b12-10-. The average Bonchev–Trinajstić information content (AvgIpc) is 2.57. The number of nitrogens with zero attached hydrogens (tertiary/aromatic N) is 3. The Morgan fingerprint density at radius 3 is 3.00 bits per heavy atom. The van der Waals surface area contributed by atoms with Crippen molar-refractivity contribution in [3.05, 3.63) is 12.4 Å². The Bertz CT molecular complexity index is 280. The summed E-state index contributed by atoms with van der Waals surface area (Å²) in [6.07, 6.45) is 13.6. The Labute approximate surface area is 90.9 Å². The molecule has 82 valence electrons. The van der Waals surface area contributed by atoms with E-state index in [1.54, 1.807) is 0 Å². The zero-order chi connectivity index (χ0) is 11.1. The molecule has 1 N–H and O–H groups in total. The largest absolute Gasteiger partial charge is 0.411 e. The highest BCUT2D eigenvalue weighted by Gasteiger charge is 2.20. The summed E-state index contributed by atoms with van der Waals surface area (Å²) in [6, 6.07) is 0. The zero-order valence-electron chi connectivity index (χ0n) is 9.00. The number of unbranched alkanes of at least 4 members (excludes halogenated alkanes) is 2. The Morgan fingerprint density at radius 1 is 1.53 bits per heavy atom. The molecule has 0 radical (unpaired) electrons. The van der Waals surface area contributed by atoms with Crippen LogP contribution in [0.15, 0.2) is 17.6 Å². The Balaban J connectivity index is 2.34. The highest BCUT2D eigenvalue weighted by Crippen LogP contribution is 2.13. The van der Waals surface area contributed by atoms with E-state index >= 15 is 0 Å². The maximum Gasteiger partial charge on any atom is 0.141 e. The Morgan fingerprint density at radius 2 is 2.33 bits per heavy atom. The van der Waals surface area contributed by atoms with Crippen LogP contribution in [0, 0.1) is 12.3 Å². The zero-order valence-corrected chi connectivity index (χ0v) is 9.00. The van der Waals surface area contributed by atoms with Gasteiger partial charge in [0.05, 0.1) is 6.21 Å². The summed E-state index contributed by atoms with van der Waals surface area (Å²) >= 11 is 0. The van der Waals surface area contributed by atoms with Gasteiger partial charge in [0.2, 0.25) is 0 Å². The summed E-state index contributed by atoms with van der Waals surface area (Å²) in [5.41, 5.74) is 0. The lowest BCUT2D eigenvalue weighted by atomic mass is 10.2. The summed E-state index contributed by atoms with van der Waals surface area (Å²) in [7, 11) is 1.95. The first-order valence-corrected chi connectivity index (χ1v) is 5.06. The maximum absolute atomic E-state index is 8.53. The molecule has 0 spiro atoms. The van der Waals surface area contributed by atoms with Crippen molar-refractivity contribution < 1.29 is 5.21 Å². The molecular formula is C11H17N3O. The molecule has 0 aromatic heterocycles. The number of hydrogen-bond acceptors (Lipinski definition) is 4. The van der Waals surface area contributed by atoms with E-state index in [1.807, 2.05) is 24.3 Å². The van der Waals surface area contributed by atoms with Crippen molar-refractivity contribution in [2.75, 3.05) is 13.6 Å². The quantitative estimate of drug-likeness (QED) is 0.243. The summed E-state index contributed by atoms with van der Waals surface area (Å²) in [4.78, 5) is 4.11. The molecule has 0 bridgehead atoms. The van der Waals surface area contributed by atoms with Gasteiger partial charge in [0.25, 0.3) is 0 Å². The van der Waals surface area contributed by atoms with E-state index < -0.39 is 0 Å². The van der Waals surface area contributed by atoms with Crippen LogP contribution in [-0.2, 0) is 0 Å². The van der Waals surface area contributed by atoms with Gasteiger partial charge in [-0.3, -0.25) is 0 Å². The molecule has 1 atom stereocenters. The van der Waals surface area contributed by atoms with Gasteiger partial charge < -0.3 is 15.0 Å². The highest BCUT2D eigenvalue weighted by molar-refractivity contribution is 5.64. The minimum Gasteiger partial charge on any atom is -0.411 e. The lowest BCUT2D eigenvalue weighted by Gasteiger charge is -2.26. The van der Waals surface area contributed by atoms with Crippen LogP contribution in [0.25, 0.3) is 0 Å². The molecule has 1 unspecified atom stereocenters. The monoisotopic (exact) mass is 207 g/mol. The summed E-state index contributed by atoms with van der Waals surface area (Å²) in [6.45, 7) is 0.930. The molecule has 1 rings (SSSR count). The SMILES string of the molecule is C#CCCCCN1C=CN(C)C1/C=N\O.